The van der Waals surface area contributed by atoms with Gasteiger partial charge >= 0.3 is 0 Å². The maximum absolute atomic E-state index is 13.4. The zero-order valence-corrected chi connectivity index (χ0v) is 10.3. The maximum atomic E-state index is 13.4. The van der Waals surface area contributed by atoms with Crippen LogP contribution in [-0.2, 0) is 6.61 Å². The molecule has 0 radical (unpaired) electrons. The van der Waals surface area contributed by atoms with E-state index in [0.717, 1.165) is 37.8 Å². The van der Waals surface area contributed by atoms with E-state index in [1.54, 1.807) is 0 Å². The zero-order valence-electron chi connectivity index (χ0n) is 10.3. The van der Waals surface area contributed by atoms with Crippen molar-refractivity contribution < 1.29 is 18.6 Å². The van der Waals surface area contributed by atoms with E-state index in [0.29, 0.717) is 0 Å². The second-order valence-electron chi connectivity index (χ2n) is 4.03. The second kappa shape index (κ2) is 7.82. The molecule has 0 aliphatic carbocycles. The average Bonchev–Trinajstić information content (AvgIpc) is 2.35. The van der Waals surface area contributed by atoms with Gasteiger partial charge in [-0.25, -0.2) is 8.78 Å². The minimum atomic E-state index is -0.773. The number of unbranched alkanes of at least 4 members (excludes halogenated alkanes) is 3. The van der Waals surface area contributed by atoms with Crippen molar-refractivity contribution in [3.8, 4) is 5.75 Å². The summed E-state index contributed by atoms with van der Waals surface area (Å²) in [7, 11) is 0. The largest absolute Gasteiger partial charge is 0.488 e. The van der Waals surface area contributed by atoms with E-state index in [4.69, 9.17) is 9.84 Å². The topological polar surface area (TPSA) is 29.5 Å². The Bertz CT molecular complexity index is 368. The molecule has 0 atom stereocenters. The van der Waals surface area contributed by atoms with Crippen molar-refractivity contribution in [3.05, 3.63) is 42.0 Å². The van der Waals surface area contributed by atoms with E-state index < -0.39 is 18.2 Å². The molecule has 0 heterocycles. The number of rotatable bonds is 8. The highest BCUT2D eigenvalue weighted by molar-refractivity contribution is 5.31. The summed E-state index contributed by atoms with van der Waals surface area (Å²) in [5, 5.41) is 8.79. The van der Waals surface area contributed by atoms with Gasteiger partial charge in [-0.3, -0.25) is 0 Å². The van der Waals surface area contributed by atoms with Crippen LogP contribution in [0.1, 0.15) is 31.2 Å². The highest BCUT2D eigenvalue weighted by atomic mass is 19.1. The first-order chi connectivity index (χ1) is 8.69. The summed E-state index contributed by atoms with van der Waals surface area (Å²) in [4.78, 5) is 0. The van der Waals surface area contributed by atoms with Crippen LogP contribution < -0.4 is 4.74 Å². The lowest BCUT2D eigenvalue weighted by molar-refractivity contribution is 0.267. The number of aliphatic hydroxyl groups excluding tert-OH is 1. The van der Waals surface area contributed by atoms with Gasteiger partial charge in [0.1, 0.15) is 0 Å². The molecule has 0 saturated carbocycles. The standard InChI is InChI=1S/C14H18F2O2/c1-2-3-4-5-6-7-18-14-12(15)8-11(10-17)9-13(14)16/h2,8-9,17H,1,3-7,10H2. The van der Waals surface area contributed by atoms with E-state index in [9.17, 15) is 8.78 Å². The quantitative estimate of drug-likeness (QED) is 0.569. The molecule has 0 spiro atoms. The Kier molecular flexibility index (Phi) is 6.36. The van der Waals surface area contributed by atoms with E-state index >= 15 is 0 Å². The van der Waals surface area contributed by atoms with Gasteiger partial charge in [0.25, 0.3) is 0 Å². The van der Waals surface area contributed by atoms with Gasteiger partial charge in [-0.05, 0) is 43.4 Å². The first kappa shape index (κ1) is 14.6. The molecular weight excluding hydrogens is 238 g/mol. The van der Waals surface area contributed by atoms with Crippen molar-refractivity contribution >= 4 is 0 Å². The van der Waals surface area contributed by atoms with E-state index in [1.807, 2.05) is 6.08 Å². The zero-order chi connectivity index (χ0) is 13.4. The lowest BCUT2D eigenvalue weighted by Crippen LogP contribution is -2.02. The number of ether oxygens (including phenoxy) is 1. The van der Waals surface area contributed by atoms with Crippen LogP contribution in [0.4, 0.5) is 8.78 Å². The summed E-state index contributed by atoms with van der Waals surface area (Å²) < 4.78 is 32.0. The lowest BCUT2D eigenvalue weighted by Gasteiger charge is -2.09. The lowest BCUT2D eigenvalue weighted by atomic mass is 10.2. The Morgan fingerprint density at radius 3 is 2.39 bits per heavy atom. The van der Waals surface area contributed by atoms with Crippen LogP contribution in [-0.4, -0.2) is 11.7 Å². The van der Waals surface area contributed by atoms with Crippen LogP contribution in [0.15, 0.2) is 24.8 Å². The monoisotopic (exact) mass is 256 g/mol. The summed E-state index contributed by atoms with van der Waals surface area (Å²) in [6.45, 7) is 3.50. The minimum Gasteiger partial charge on any atom is -0.488 e. The van der Waals surface area contributed by atoms with Gasteiger partial charge < -0.3 is 9.84 Å². The third-order valence-electron chi connectivity index (χ3n) is 2.54. The SMILES string of the molecule is C=CCCCCCOc1c(F)cc(CO)cc1F. The fraction of sp³-hybridized carbons (Fsp3) is 0.429. The highest BCUT2D eigenvalue weighted by Crippen LogP contribution is 2.23. The van der Waals surface area contributed by atoms with Crippen LogP contribution in [0, 0.1) is 11.6 Å². The van der Waals surface area contributed by atoms with E-state index in [1.165, 1.54) is 0 Å². The van der Waals surface area contributed by atoms with Crippen molar-refractivity contribution in [2.75, 3.05) is 6.61 Å². The molecule has 2 nitrogen and oxygen atoms in total. The number of halogens is 2. The first-order valence-electron chi connectivity index (χ1n) is 6.01. The molecule has 0 aliphatic rings. The molecule has 1 aromatic rings. The Morgan fingerprint density at radius 1 is 1.17 bits per heavy atom. The van der Waals surface area contributed by atoms with Gasteiger partial charge in [0.15, 0.2) is 17.4 Å². The van der Waals surface area contributed by atoms with Crippen molar-refractivity contribution in [2.24, 2.45) is 0 Å². The van der Waals surface area contributed by atoms with Crippen LogP contribution in [0.2, 0.25) is 0 Å². The normalized spacial score (nSPS) is 10.4. The Morgan fingerprint density at radius 2 is 1.83 bits per heavy atom. The number of aliphatic hydroxyl groups is 1. The van der Waals surface area contributed by atoms with E-state index in [-0.39, 0.29) is 17.9 Å². The van der Waals surface area contributed by atoms with Crippen molar-refractivity contribution in [1.29, 1.82) is 0 Å². The second-order valence-corrected chi connectivity index (χ2v) is 4.03. The van der Waals surface area contributed by atoms with E-state index in [2.05, 4.69) is 6.58 Å². The molecule has 1 rings (SSSR count). The number of benzene rings is 1. The summed E-state index contributed by atoms with van der Waals surface area (Å²) >= 11 is 0. The van der Waals surface area contributed by atoms with Gasteiger partial charge in [-0.1, -0.05) is 6.08 Å². The van der Waals surface area contributed by atoms with Gasteiger partial charge in [0, 0.05) is 0 Å². The van der Waals surface area contributed by atoms with Gasteiger partial charge in [-0.15, -0.1) is 6.58 Å². The molecule has 18 heavy (non-hydrogen) atoms. The van der Waals surface area contributed by atoms with Crippen molar-refractivity contribution in [2.45, 2.75) is 32.3 Å². The molecule has 0 aromatic heterocycles. The van der Waals surface area contributed by atoms with Crippen LogP contribution in [0.5, 0.6) is 5.75 Å². The molecule has 0 amide bonds. The number of allylic oxidation sites excluding steroid dienone is 1. The Hall–Kier alpha value is -1.42. The minimum absolute atomic E-state index is 0.198. The Balaban J connectivity index is 2.44. The molecule has 1 N–H and O–H groups in total. The third-order valence-corrected chi connectivity index (χ3v) is 2.54. The summed E-state index contributed by atoms with van der Waals surface area (Å²) in [5.74, 6) is -1.91. The molecule has 0 aliphatic heterocycles. The smallest absolute Gasteiger partial charge is 0.190 e. The summed E-state index contributed by atoms with van der Waals surface area (Å²) in [6, 6.07) is 2.16. The average molecular weight is 256 g/mol. The van der Waals surface area contributed by atoms with Gasteiger partial charge in [0.2, 0.25) is 0 Å². The predicted octanol–water partition coefficient (Wildman–Crippen LogP) is 3.58. The molecule has 1 aromatic carbocycles. The van der Waals surface area contributed by atoms with Gasteiger partial charge in [0.05, 0.1) is 13.2 Å². The molecule has 0 saturated heterocycles. The van der Waals surface area contributed by atoms with Crippen molar-refractivity contribution in [3.63, 3.8) is 0 Å². The van der Waals surface area contributed by atoms with Gasteiger partial charge in [-0.2, -0.15) is 0 Å². The Labute approximate surface area is 106 Å². The molecule has 0 bridgehead atoms. The highest BCUT2D eigenvalue weighted by Gasteiger charge is 2.12. The number of hydrogen-bond acceptors (Lipinski definition) is 2. The van der Waals surface area contributed by atoms with Crippen LogP contribution in [0.3, 0.4) is 0 Å². The van der Waals surface area contributed by atoms with Crippen LogP contribution >= 0.6 is 0 Å². The molecule has 4 heteroatoms. The molecular formula is C14H18F2O2. The molecule has 0 fully saturated rings. The van der Waals surface area contributed by atoms with Crippen LogP contribution in [0.25, 0.3) is 0 Å². The summed E-state index contributed by atoms with van der Waals surface area (Å²) in [5.41, 5.74) is 0.198. The summed E-state index contributed by atoms with van der Waals surface area (Å²) in [6.07, 6.45) is 5.46. The fourth-order valence-electron chi connectivity index (χ4n) is 1.58. The molecule has 0 unspecified atom stereocenters. The number of hydrogen-bond donors (Lipinski definition) is 1. The van der Waals surface area contributed by atoms with Crippen molar-refractivity contribution in [1.82, 2.24) is 0 Å². The third kappa shape index (κ3) is 4.45. The maximum Gasteiger partial charge on any atom is 0.190 e. The predicted molar refractivity (Wildman–Crippen MR) is 66.4 cm³/mol. The fourth-order valence-corrected chi connectivity index (χ4v) is 1.58. The molecule has 100 valence electrons. The first-order valence-corrected chi connectivity index (χ1v) is 6.01.